The molecule has 0 aromatic heterocycles. The van der Waals surface area contributed by atoms with E-state index in [1.807, 2.05) is 0 Å². The van der Waals surface area contributed by atoms with Gasteiger partial charge in [0.25, 0.3) is 0 Å². The quantitative estimate of drug-likeness (QED) is 0.615. The van der Waals surface area contributed by atoms with Gasteiger partial charge in [0, 0.05) is 12.6 Å². The van der Waals surface area contributed by atoms with E-state index < -0.39 is 0 Å². The Morgan fingerprint density at radius 2 is 2.00 bits per heavy atom. The van der Waals surface area contributed by atoms with Crippen LogP contribution in [0.5, 0.6) is 0 Å². The minimum Gasteiger partial charge on any atom is -0.377 e. The third kappa shape index (κ3) is 4.07. The molecule has 1 saturated carbocycles. The first-order valence-corrected chi connectivity index (χ1v) is 5.05. The van der Waals surface area contributed by atoms with Crippen molar-refractivity contribution in [2.45, 2.75) is 45.8 Å². The predicted molar refractivity (Wildman–Crippen MR) is 51.3 cm³/mol. The van der Waals surface area contributed by atoms with Gasteiger partial charge in [0.2, 0.25) is 0 Å². The van der Waals surface area contributed by atoms with Crippen molar-refractivity contribution in [2.24, 2.45) is 5.92 Å². The van der Waals surface area contributed by atoms with Crippen molar-refractivity contribution in [3.05, 3.63) is 0 Å². The van der Waals surface area contributed by atoms with Crippen molar-refractivity contribution in [1.29, 1.82) is 0 Å². The lowest BCUT2D eigenvalue weighted by atomic mass is 10.1. The lowest BCUT2D eigenvalue weighted by Crippen LogP contribution is -2.25. The molecule has 2 nitrogen and oxygen atoms in total. The van der Waals surface area contributed by atoms with Crippen LogP contribution in [0.4, 0.5) is 0 Å². The number of rotatable bonds is 6. The smallest absolute Gasteiger partial charge is 0.0594 e. The van der Waals surface area contributed by atoms with Gasteiger partial charge < -0.3 is 10.1 Å². The van der Waals surface area contributed by atoms with Gasteiger partial charge in [-0.2, -0.15) is 0 Å². The summed E-state index contributed by atoms with van der Waals surface area (Å²) in [5.74, 6) is 0.630. The van der Waals surface area contributed by atoms with Crippen LogP contribution in [-0.4, -0.2) is 25.3 Å². The van der Waals surface area contributed by atoms with Gasteiger partial charge >= 0.3 is 0 Å². The van der Waals surface area contributed by atoms with Gasteiger partial charge in [-0.25, -0.2) is 0 Å². The molecule has 0 heterocycles. The Hall–Kier alpha value is -0.0800. The minimum atomic E-state index is 0.394. The van der Waals surface area contributed by atoms with E-state index in [1.165, 1.54) is 12.8 Å². The third-order valence-corrected chi connectivity index (χ3v) is 2.43. The molecular formula is C10H21NO. The second-order valence-corrected chi connectivity index (χ2v) is 4.05. The second kappa shape index (κ2) is 4.83. The molecule has 0 aromatic carbocycles. The topological polar surface area (TPSA) is 21.3 Å². The lowest BCUT2D eigenvalue weighted by Gasteiger charge is -2.16. The Kier molecular flexibility index (Phi) is 4.02. The highest BCUT2D eigenvalue weighted by Crippen LogP contribution is 2.18. The number of ether oxygens (including phenoxy) is 1. The molecule has 1 rings (SSSR count). The van der Waals surface area contributed by atoms with E-state index in [1.54, 1.807) is 0 Å². The highest BCUT2D eigenvalue weighted by molar-refractivity contribution is 4.80. The average Bonchev–Trinajstić information content (AvgIpc) is 2.80. The van der Waals surface area contributed by atoms with Crippen molar-refractivity contribution in [2.75, 3.05) is 13.2 Å². The number of hydrogen-bond acceptors (Lipinski definition) is 2. The zero-order chi connectivity index (χ0) is 8.97. The molecule has 72 valence electrons. The fourth-order valence-corrected chi connectivity index (χ4v) is 0.988. The third-order valence-electron chi connectivity index (χ3n) is 2.43. The first-order chi connectivity index (χ1) is 5.70. The van der Waals surface area contributed by atoms with Gasteiger partial charge in [0.05, 0.1) is 12.7 Å². The highest BCUT2D eigenvalue weighted by Gasteiger charge is 2.19. The van der Waals surface area contributed by atoms with Crippen molar-refractivity contribution in [3.8, 4) is 0 Å². The molecule has 1 atom stereocenters. The molecule has 0 aliphatic heterocycles. The molecule has 0 bridgehead atoms. The Morgan fingerprint density at radius 1 is 1.33 bits per heavy atom. The summed E-state index contributed by atoms with van der Waals surface area (Å²) < 4.78 is 5.62. The maximum absolute atomic E-state index is 5.62. The molecule has 0 radical (unpaired) electrons. The van der Waals surface area contributed by atoms with Crippen LogP contribution in [0.25, 0.3) is 0 Å². The standard InChI is InChI=1S/C10H21NO/c1-8(2)9(3)12-7-6-11-10-4-5-10/h8-11H,4-7H2,1-3H3. The van der Waals surface area contributed by atoms with E-state index in [-0.39, 0.29) is 0 Å². The molecule has 1 aliphatic rings. The van der Waals surface area contributed by atoms with Crippen molar-refractivity contribution >= 4 is 0 Å². The van der Waals surface area contributed by atoms with Crippen LogP contribution < -0.4 is 5.32 Å². The Bertz CT molecular complexity index is 121. The average molecular weight is 171 g/mol. The second-order valence-electron chi connectivity index (χ2n) is 4.05. The van der Waals surface area contributed by atoms with Gasteiger partial charge in [0.15, 0.2) is 0 Å². The normalized spacial score (nSPS) is 20.0. The molecule has 1 N–H and O–H groups in total. The van der Waals surface area contributed by atoms with E-state index in [2.05, 4.69) is 26.1 Å². The van der Waals surface area contributed by atoms with E-state index in [0.29, 0.717) is 12.0 Å². The molecule has 1 aliphatic carbocycles. The summed E-state index contributed by atoms with van der Waals surface area (Å²) in [5, 5.41) is 3.43. The van der Waals surface area contributed by atoms with Gasteiger partial charge in [0.1, 0.15) is 0 Å². The Labute approximate surface area is 75.7 Å². The van der Waals surface area contributed by atoms with Gasteiger partial charge in [-0.05, 0) is 25.7 Å². The predicted octanol–water partition coefficient (Wildman–Crippen LogP) is 1.80. The van der Waals surface area contributed by atoms with Crippen LogP contribution in [0.15, 0.2) is 0 Å². The summed E-state index contributed by atoms with van der Waals surface area (Å²) in [6.45, 7) is 8.40. The first kappa shape index (κ1) is 10.0. The summed E-state index contributed by atoms with van der Waals surface area (Å²) in [7, 11) is 0. The van der Waals surface area contributed by atoms with Crippen LogP contribution in [0.2, 0.25) is 0 Å². The SMILES string of the molecule is CC(C)C(C)OCCNC1CC1. The molecule has 0 spiro atoms. The summed E-state index contributed by atoms with van der Waals surface area (Å²) in [5.41, 5.74) is 0. The van der Waals surface area contributed by atoms with E-state index >= 15 is 0 Å². The largest absolute Gasteiger partial charge is 0.377 e. The van der Waals surface area contributed by atoms with E-state index in [9.17, 15) is 0 Å². The maximum atomic E-state index is 5.62. The van der Waals surface area contributed by atoms with Crippen LogP contribution in [0, 0.1) is 5.92 Å². The zero-order valence-corrected chi connectivity index (χ0v) is 8.47. The monoisotopic (exact) mass is 171 g/mol. The summed E-state index contributed by atoms with van der Waals surface area (Å²) in [4.78, 5) is 0. The summed E-state index contributed by atoms with van der Waals surface area (Å²) in [6.07, 6.45) is 3.12. The Morgan fingerprint density at radius 3 is 2.50 bits per heavy atom. The molecule has 0 amide bonds. The number of nitrogens with one attached hydrogen (secondary N) is 1. The molecule has 2 heteroatoms. The Balaban J connectivity index is 1.86. The zero-order valence-electron chi connectivity index (χ0n) is 8.47. The highest BCUT2D eigenvalue weighted by atomic mass is 16.5. The van der Waals surface area contributed by atoms with Crippen molar-refractivity contribution in [1.82, 2.24) is 5.32 Å². The molecule has 1 unspecified atom stereocenters. The molecule has 0 aromatic rings. The molecular weight excluding hydrogens is 150 g/mol. The van der Waals surface area contributed by atoms with Crippen LogP contribution in [0.3, 0.4) is 0 Å². The fraction of sp³-hybridized carbons (Fsp3) is 1.00. The molecule has 0 saturated heterocycles. The maximum Gasteiger partial charge on any atom is 0.0594 e. The number of hydrogen-bond donors (Lipinski definition) is 1. The van der Waals surface area contributed by atoms with E-state index in [0.717, 1.165) is 19.2 Å². The van der Waals surface area contributed by atoms with Crippen molar-refractivity contribution in [3.63, 3.8) is 0 Å². The van der Waals surface area contributed by atoms with Gasteiger partial charge in [-0.3, -0.25) is 0 Å². The molecule has 1 fully saturated rings. The summed E-state index contributed by atoms with van der Waals surface area (Å²) >= 11 is 0. The van der Waals surface area contributed by atoms with Gasteiger partial charge in [-0.1, -0.05) is 13.8 Å². The van der Waals surface area contributed by atoms with Crippen LogP contribution in [-0.2, 0) is 4.74 Å². The summed E-state index contributed by atoms with van der Waals surface area (Å²) in [6, 6.07) is 0.808. The van der Waals surface area contributed by atoms with E-state index in [4.69, 9.17) is 4.74 Å². The minimum absolute atomic E-state index is 0.394. The van der Waals surface area contributed by atoms with Crippen LogP contribution >= 0.6 is 0 Å². The first-order valence-electron chi connectivity index (χ1n) is 5.05. The van der Waals surface area contributed by atoms with Crippen molar-refractivity contribution < 1.29 is 4.74 Å². The van der Waals surface area contributed by atoms with Crippen LogP contribution in [0.1, 0.15) is 33.6 Å². The molecule has 12 heavy (non-hydrogen) atoms. The lowest BCUT2D eigenvalue weighted by molar-refractivity contribution is 0.0373. The van der Waals surface area contributed by atoms with Gasteiger partial charge in [-0.15, -0.1) is 0 Å². The fourth-order valence-electron chi connectivity index (χ4n) is 0.988.